The maximum absolute atomic E-state index is 12.2. The molecule has 1 amide bonds. The Morgan fingerprint density at radius 3 is 2.29 bits per heavy atom. The molecule has 150 valence electrons. The van der Waals surface area contributed by atoms with Crippen LogP contribution in [0.3, 0.4) is 0 Å². The van der Waals surface area contributed by atoms with Crippen molar-refractivity contribution in [1.29, 1.82) is 0 Å². The lowest BCUT2D eigenvalue weighted by Crippen LogP contribution is -2.44. The van der Waals surface area contributed by atoms with E-state index in [1.165, 1.54) is 0 Å². The van der Waals surface area contributed by atoms with E-state index in [9.17, 15) is 4.79 Å². The van der Waals surface area contributed by atoms with Crippen molar-refractivity contribution < 1.29 is 14.3 Å². The molecule has 0 spiro atoms. The Bertz CT molecular complexity index is 823. The molecular formula is C22H25Cl2NO3. The molecule has 1 aliphatic rings. The summed E-state index contributed by atoms with van der Waals surface area (Å²) in [4.78, 5) is 13.9. The van der Waals surface area contributed by atoms with Crippen LogP contribution in [0.4, 0.5) is 4.79 Å². The molecular weight excluding hydrogens is 397 g/mol. The molecule has 1 heterocycles. The van der Waals surface area contributed by atoms with Crippen LogP contribution >= 0.6 is 23.2 Å². The third kappa shape index (κ3) is 5.55. The van der Waals surface area contributed by atoms with Crippen molar-refractivity contribution in [3.05, 3.63) is 52.5 Å². The highest BCUT2D eigenvalue weighted by atomic mass is 35.5. The molecule has 2 aromatic rings. The van der Waals surface area contributed by atoms with E-state index in [-0.39, 0.29) is 12.2 Å². The van der Waals surface area contributed by atoms with E-state index in [1.807, 2.05) is 63.2 Å². The number of ether oxygens (including phenoxy) is 2. The van der Waals surface area contributed by atoms with Crippen molar-refractivity contribution in [3.63, 3.8) is 0 Å². The van der Waals surface area contributed by atoms with Crippen molar-refractivity contribution in [3.8, 4) is 16.9 Å². The third-order valence-electron chi connectivity index (χ3n) is 4.49. The van der Waals surface area contributed by atoms with E-state index in [4.69, 9.17) is 32.7 Å². The Hall–Kier alpha value is -1.91. The number of rotatable bonds is 3. The molecule has 28 heavy (non-hydrogen) atoms. The Morgan fingerprint density at radius 2 is 1.68 bits per heavy atom. The van der Waals surface area contributed by atoms with E-state index < -0.39 is 5.60 Å². The van der Waals surface area contributed by atoms with Gasteiger partial charge in [0.1, 0.15) is 17.5 Å². The van der Waals surface area contributed by atoms with Crippen molar-refractivity contribution >= 4 is 29.3 Å². The minimum Gasteiger partial charge on any atom is -0.490 e. The molecule has 0 aliphatic carbocycles. The largest absolute Gasteiger partial charge is 0.490 e. The Kier molecular flexibility index (Phi) is 6.41. The van der Waals surface area contributed by atoms with Crippen LogP contribution in [-0.4, -0.2) is 35.8 Å². The number of likely N-dealkylation sites (tertiary alicyclic amines) is 1. The van der Waals surface area contributed by atoms with Crippen molar-refractivity contribution in [2.45, 2.75) is 45.3 Å². The summed E-state index contributed by atoms with van der Waals surface area (Å²) in [6.45, 7) is 6.87. The van der Waals surface area contributed by atoms with Crippen LogP contribution in [0.25, 0.3) is 11.1 Å². The Labute approximate surface area is 176 Å². The fourth-order valence-electron chi connectivity index (χ4n) is 3.10. The molecule has 3 rings (SSSR count). The molecule has 0 saturated carbocycles. The minimum absolute atomic E-state index is 0.0536. The minimum atomic E-state index is -0.480. The van der Waals surface area contributed by atoms with Gasteiger partial charge in [0.15, 0.2) is 0 Å². The maximum Gasteiger partial charge on any atom is 0.410 e. The standard InChI is InChI=1S/C22H25Cl2NO3/c1-22(2,3)28-21(26)25-12-10-17(11-13-25)27-18-8-9-20(24)19(14-18)15-4-6-16(23)7-5-15/h4-9,14,17H,10-13H2,1-3H3. The number of hydrogen-bond donors (Lipinski definition) is 0. The zero-order valence-corrected chi connectivity index (χ0v) is 17.9. The van der Waals surface area contributed by atoms with Crippen LogP contribution in [0, 0.1) is 0 Å². The lowest BCUT2D eigenvalue weighted by molar-refractivity contribution is 0.0126. The van der Waals surface area contributed by atoms with E-state index in [2.05, 4.69) is 0 Å². The molecule has 2 aromatic carbocycles. The van der Waals surface area contributed by atoms with Gasteiger partial charge in [0.05, 0.1) is 0 Å². The quantitative estimate of drug-likeness (QED) is 0.572. The first-order valence-electron chi connectivity index (χ1n) is 9.41. The molecule has 1 fully saturated rings. The van der Waals surface area contributed by atoms with E-state index in [0.717, 1.165) is 29.7 Å². The summed E-state index contributed by atoms with van der Waals surface area (Å²) in [6.07, 6.45) is 1.32. The average molecular weight is 422 g/mol. The fourth-order valence-corrected chi connectivity index (χ4v) is 3.46. The predicted octanol–water partition coefficient (Wildman–Crippen LogP) is 6.44. The normalized spacial score (nSPS) is 15.4. The molecule has 4 nitrogen and oxygen atoms in total. The van der Waals surface area contributed by atoms with Gasteiger partial charge in [0.2, 0.25) is 0 Å². The second-order valence-corrected chi connectivity index (χ2v) is 8.78. The van der Waals surface area contributed by atoms with Gasteiger partial charge in [-0.05, 0) is 56.7 Å². The van der Waals surface area contributed by atoms with E-state index in [0.29, 0.717) is 23.1 Å². The van der Waals surface area contributed by atoms with Crippen molar-refractivity contribution in [2.24, 2.45) is 0 Å². The monoisotopic (exact) mass is 421 g/mol. The average Bonchev–Trinajstić information content (AvgIpc) is 2.63. The summed E-state index contributed by atoms with van der Waals surface area (Å²) in [7, 11) is 0. The van der Waals surface area contributed by atoms with Gasteiger partial charge in [0.25, 0.3) is 0 Å². The lowest BCUT2D eigenvalue weighted by Gasteiger charge is -2.33. The number of benzene rings is 2. The van der Waals surface area contributed by atoms with Gasteiger partial charge >= 0.3 is 6.09 Å². The van der Waals surface area contributed by atoms with Gasteiger partial charge in [-0.2, -0.15) is 0 Å². The van der Waals surface area contributed by atoms with Gasteiger partial charge in [-0.1, -0.05) is 35.3 Å². The molecule has 0 bridgehead atoms. The van der Waals surface area contributed by atoms with Crippen molar-refractivity contribution in [1.82, 2.24) is 4.90 Å². The zero-order valence-electron chi connectivity index (χ0n) is 16.4. The van der Waals surface area contributed by atoms with Gasteiger partial charge in [-0.3, -0.25) is 0 Å². The van der Waals surface area contributed by atoms with Crippen LogP contribution < -0.4 is 4.74 Å². The highest BCUT2D eigenvalue weighted by Crippen LogP contribution is 2.33. The number of carbonyl (C=O) groups excluding carboxylic acids is 1. The molecule has 1 saturated heterocycles. The van der Waals surface area contributed by atoms with E-state index >= 15 is 0 Å². The molecule has 0 radical (unpaired) electrons. The summed E-state index contributed by atoms with van der Waals surface area (Å²) in [5, 5.41) is 1.35. The molecule has 0 unspecified atom stereocenters. The number of carbonyl (C=O) groups is 1. The third-order valence-corrected chi connectivity index (χ3v) is 5.07. The van der Waals surface area contributed by atoms with Crippen LogP contribution in [0.15, 0.2) is 42.5 Å². The van der Waals surface area contributed by atoms with Crippen LogP contribution in [0.2, 0.25) is 10.0 Å². The summed E-state index contributed by atoms with van der Waals surface area (Å²) in [6, 6.07) is 13.2. The first-order chi connectivity index (χ1) is 13.2. The van der Waals surface area contributed by atoms with Gasteiger partial charge < -0.3 is 14.4 Å². The smallest absolute Gasteiger partial charge is 0.410 e. The first-order valence-corrected chi connectivity index (χ1v) is 10.2. The number of nitrogens with zero attached hydrogens (tertiary/aromatic N) is 1. The van der Waals surface area contributed by atoms with E-state index in [1.54, 1.807) is 4.90 Å². The van der Waals surface area contributed by atoms with Gasteiger partial charge in [-0.15, -0.1) is 0 Å². The second kappa shape index (κ2) is 8.62. The summed E-state index contributed by atoms with van der Waals surface area (Å²) >= 11 is 12.3. The highest BCUT2D eigenvalue weighted by molar-refractivity contribution is 6.33. The molecule has 1 aliphatic heterocycles. The Morgan fingerprint density at radius 1 is 1.04 bits per heavy atom. The predicted molar refractivity (Wildman–Crippen MR) is 113 cm³/mol. The summed E-state index contributed by atoms with van der Waals surface area (Å²) in [5.74, 6) is 0.769. The van der Waals surface area contributed by atoms with Gasteiger partial charge in [0, 0.05) is 41.5 Å². The summed E-state index contributed by atoms with van der Waals surface area (Å²) in [5.41, 5.74) is 1.41. The number of piperidine rings is 1. The van der Waals surface area contributed by atoms with Crippen LogP contribution in [-0.2, 0) is 4.74 Å². The zero-order chi connectivity index (χ0) is 20.3. The first kappa shape index (κ1) is 20.8. The number of halogens is 2. The lowest BCUT2D eigenvalue weighted by atomic mass is 10.0. The van der Waals surface area contributed by atoms with Crippen LogP contribution in [0.5, 0.6) is 5.75 Å². The molecule has 0 aromatic heterocycles. The maximum atomic E-state index is 12.2. The van der Waals surface area contributed by atoms with Crippen LogP contribution in [0.1, 0.15) is 33.6 Å². The SMILES string of the molecule is CC(C)(C)OC(=O)N1CCC(Oc2ccc(Cl)c(-c3ccc(Cl)cc3)c2)CC1. The van der Waals surface area contributed by atoms with Crippen molar-refractivity contribution in [2.75, 3.05) is 13.1 Å². The number of amides is 1. The second-order valence-electron chi connectivity index (χ2n) is 7.93. The molecule has 6 heteroatoms. The highest BCUT2D eigenvalue weighted by Gasteiger charge is 2.27. The number of hydrogen-bond acceptors (Lipinski definition) is 3. The van der Waals surface area contributed by atoms with Gasteiger partial charge in [-0.25, -0.2) is 4.79 Å². The summed E-state index contributed by atoms with van der Waals surface area (Å²) < 4.78 is 11.6. The Balaban J connectivity index is 1.62. The topological polar surface area (TPSA) is 38.8 Å². The molecule has 0 N–H and O–H groups in total. The fraction of sp³-hybridized carbons (Fsp3) is 0.409. The molecule has 0 atom stereocenters.